The first kappa shape index (κ1) is 13.1. The highest BCUT2D eigenvalue weighted by Gasteiger charge is 2.07. The van der Waals surface area contributed by atoms with E-state index < -0.39 is 0 Å². The van der Waals surface area contributed by atoms with Crippen molar-refractivity contribution in [3.05, 3.63) is 46.5 Å². The minimum Gasteiger partial charge on any atom is -0.310 e. The molecule has 0 atom stereocenters. The average Bonchev–Trinajstić information content (AvgIpc) is 2.77. The smallest absolute Gasteiger partial charge is 0.141 e. The summed E-state index contributed by atoms with van der Waals surface area (Å²) in [5, 5.41) is 8.26. The first-order valence-electron chi connectivity index (χ1n) is 6.03. The molecule has 1 aromatic heterocycles. The van der Waals surface area contributed by atoms with Crippen LogP contribution >= 0.6 is 11.6 Å². The normalized spacial score (nSPS) is 10.8. The summed E-state index contributed by atoms with van der Waals surface area (Å²) in [6.45, 7) is 6.39. The maximum Gasteiger partial charge on any atom is 0.141 e. The first-order valence-corrected chi connectivity index (χ1v) is 6.41. The second kappa shape index (κ2) is 5.98. The maximum absolute atomic E-state index is 6.23. The van der Waals surface area contributed by atoms with E-state index in [-0.39, 0.29) is 0 Å². The van der Waals surface area contributed by atoms with Crippen molar-refractivity contribution < 1.29 is 0 Å². The quantitative estimate of drug-likeness (QED) is 0.902. The van der Waals surface area contributed by atoms with Crippen molar-refractivity contribution in [2.75, 3.05) is 6.54 Å². The minimum absolute atomic E-state index is 0.653. The number of aromatic nitrogens is 3. The molecule has 1 heterocycles. The molecule has 96 valence electrons. The number of nitrogens with zero attached hydrogens (tertiary/aromatic N) is 3. The number of halogens is 1. The molecule has 0 aliphatic heterocycles. The predicted molar refractivity (Wildman–Crippen MR) is 72.7 cm³/mol. The summed E-state index contributed by atoms with van der Waals surface area (Å²) in [6.07, 6.45) is 1.58. The van der Waals surface area contributed by atoms with Crippen LogP contribution in [0, 0.1) is 6.92 Å². The van der Waals surface area contributed by atoms with Crippen molar-refractivity contribution in [2.24, 2.45) is 0 Å². The van der Waals surface area contributed by atoms with Crippen molar-refractivity contribution in [3.63, 3.8) is 0 Å². The lowest BCUT2D eigenvalue weighted by molar-refractivity contribution is 0.596. The molecule has 0 aliphatic rings. The van der Waals surface area contributed by atoms with Crippen molar-refractivity contribution >= 4 is 11.6 Å². The van der Waals surface area contributed by atoms with Gasteiger partial charge < -0.3 is 5.32 Å². The molecule has 1 aromatic carbocycles. The van der Waals surface area contributed by atoms with Gasteiger partial charge in [0.05, 0.1) is 13.1 Å². The molecule has 0 saturated heterocycles. The molecule has 0 unspecified atom stereocenters. The monoisotopic (exact) mass is 264 g/mol. The van der Waals surface area contributed by atoms with Crippen LogP contribution in [-0.4, -0.2) is 21.3 Å². The number of rotatable bonds is 5. The Hall–Kier alpha value is -1.39. The van der Waals surface area contributed by atoms with Crippen molar-refractivity contribution in [2.45, 2.75) is 26.9 Å². The average molecular weight is 265 g/mol. The number of nitrogens with one attached hydrogen (secondary N) is 1. The Morgan fingerprint density at radius 3 is 2.94 bits per heavy atom. The molecule has 2 aromatic rings. The Kier molecular flexibility index (Phi) is 4.33. The lowest BCUT2D eigenvalue weighted by Gasteiger charge is -2.08. The Balaban J connectivity index is 2.15. The van der Waals surface area contributed by atoms with Crippen LogP contribution < -0.4 is 5.32 Å². The van der Waals surface area contributed by atoms with Gasteiger partial charge in [-0.15, -0.1) is 0 Å². The highest BCUT2D eigenvalue weighted by molar-refractivity contribution is 6.31. The van der Waals surface area contributed by atoms with Crippen LogP contribution in [0.25, 0.3) is 0 Å². The maximum atomic E-state index is 6.23. The highest BCUT2D eigenvalue weighted by atomic mass is 35.5. The fourth-order valence-electron chi connectivity index (χ4n) is 1.74. The number of benzene rings is 1. The van der Waals surface area contributed by atoms with Crippen molar-refractivity contribution in [1.29, 1.82) is 0 Å². The fraction of sp³-hybridized carbons (Fsp3) is 0.385. The Bertz CT molecular complexity index is 521. The van der Waals surface area contributed by atoms with E-state index in [4.69, 9.17) is 11.6 Å². The van der Waals surface area contributed by atoms with Gasteiger partial charge in [-0.2, -0.15) is 5.10 Å². The number of hydrogen-bond donors (Lipinski definition) is 1. The zero-order valence-electron chi connectivity index (χ0n) is 10.7. The van der Waals surface area contributed by atoms with Gasteiger partial charge >= 0.3 is 0 Å². The molecule has 0 fully saturated rings. The minimum atomic E-state index is 0.653. The third-order valence-electron chi connectivity index (χ3n) is 2.76. The van der Waals surface area contributed by atoms with E-state index >= 15 is 0 Å². The van der Waals surface area contributed by atoms with Gasteiger partial charge in [0.25, 0.3) is 0 Å². The molecular formula is C13H17ClN4. The predicted octanol–water partition coefficient (Wildman–Crippen LogP) is 2.40. The van der Waals surface area contributed by atoms with Crippen LogP contribution in [0.1, 0.15) is 23.9 Å². The third-order valence-corrected chi connectivity index (χ3v) is 3.11. The van der Waals surface area contributed by atoms with E-state index in [1.807, 2.05) is 23.7 Å². The van der Waals surface area contributed by atoms with E-state index in [2.05, 4.69) is 28.4 Å². The lowest BCUT2D eigenvalue weighted by atomic mass is 10.1. The highest BCUT2D eigenvalue weighted by Crippen LogP contribution is 2.18. The van der Waals surface area contributed by atoms with Crippen LogP contribution in [0.4, 0.5) is 0 Å². The zero-order chi connectivity index (χ0) is 13.0. The van der Waals surface area contributed by atoms with E-state index in [1.165, 1.54) is 0 Å². The third kappa shape index (κ3) is 3.09. The number of hydrogen-bond acceptors (Lipinski definition) is 3. The van der Waals surface area contributed by atoms with Crippen molar-refractivity contribution in [3.8, 4) is 0 Å². The van der Waals surface area contributed by atoms with Crippen LogP contribution in [0.2, 0.25) is 5.02 Å². The SMILES string of the molecule is CCNCc1ncnn1Cc1ccc(C)cc1Cl. The molecule has 0 radical (unpaired) electrons. The first-order chi connectivity index (χ1) is 8.70. The van der Waals surface area contributed by atoms with E-state index in [1.54, 1.807) is 6.33 Å². The van der Waals surface area contributed by atoms with Crippen molar-refractivity contribution in [1.82, 2.24) is 20.1 Å². The molecule has 18 heavy (non-hydrogen) atoms. The van der Waals surface area contributed by atoms with Gasteiger partial charge in [-0.05, 0) is 30.7 Å². The summed E-state index contributed by atoms with van der Waals surface area (Å²) in [7, 11) is 0. The summed E-state index contributed by atoms with van der Waals surface area (Å²) in [5.41, 5.74) is 2.22. The summed E-state index contributed by atoms with van der Waals surface area (Å²) in [4.78, 5) is 4.24. The topological polar surface area (TPSA) is 42.7 Å². The Morgan fingerprint density at radius 1 is 1.39 bits per heavy atom. The van der Waals surface area contributed by atoms with Gasteiger partial charge in [-0.25, -0.2) is 9.67 Å². The van der Waals surface area contributed by atoms with E-state index in [9.17, 15) is 0 Å². The second-order valence-electron chi connectivity index (χ2n) is 4.21. The molecule has 4 nitrogen and oxygen atoms in total. The molecule has 2 rings (SSSR count). The Morgan fingerprint density at radius 2 is 2.22 bits per heavy atom. The lowest BCUT2D eigenvalue weighted by Crippen LogP contribution is -2.17. The van der Waals surface area contributed by atoms with E-state index in [0.717, 1.165) is 35.1 Å². The molecule has 0 aliphatic carbocycles. The van der Waals surface area contributed by atoms with Gasteiger partial charge in [0, 0.05) is 5.02 Å². The molecule has 1 N–H and O–H groups in total. The van der Waals surface area contributed by atoms with Gasteiger partial charge in [0.2, 0.25) is 0 Å². The van der Waals surface area contributed by atoms with E-state index in [0.29, 0.717) is 6.54 Å². The van der Waals surface area contributed by atoms with Gasteiger partial charge in [-0.3, -0.25) is 0 Å². The Labute approximate surface area is 112 Å². The summed E-state index contributed by atoms with van der Waals surface area (Å²) >= 11 is 6.23. The zero-order valence-corrected chi connectivity index (χ0v) is 11.4. The second-order valence-corrected chi connectivity index (χ2v) is 4.62. The number of aryl methyl sites for hydroxylation is 1. The van der Waals surface area contributed by atoms with Crippen LogP contribution in [-0.2, 0) is 13.1 Å². The summed E-state index contributed by atoms with van der Waals surface area (Å²) < 4.78 is 1.87. The molecule has 5 heteroatoms. The summed E-state index contributed by atoms with van der Waals surface area (Å²) in [6, 6.07) is 6.07. The molecule has 0 amide bonds. The fourth-order valence-corrected chi connectivity index (χ4v) is 2.03. The summed E-state index contributed by atoms with van der Waals surface area (Å²) in [5.74, 6) is 0.925. The van der Waals surface area contributed by atoms with Crippen LogP contribution in [0.15, 0.2) is 24.5 Å². The standard InChI is InChI=1S/C13H17ClN4/c1-3-15-7-13-16-9-17-18(13)8-11-5-4-10(2)6-12(11)14/h4-6,9,15H,3,7-8H2,1-2H3. The van der Waals surface area contributed by atoms with Gasteiger partial charge in [-0.1, -0.05) is 30.7 Å². The van der Waals surface area contributed by atoms with Crippen LogP contribution in [0.3, 0.4) is 0 Å². The molecule has 0 saturated carbocycles. The molecule has 0 spiro atoms. The van der Waals surface area contributed by atoms with Crippen LogP contribution in [0.5, 0.6) is 0 Å². The van der Waals surface area contributed by atoms with Gasteiger partial charge in [0.15, 0.2) is 0 Å². The largest absolute Gasteiger partial charge is 0.310 e. The van der Waals surface area contributed by atoms with Gasteiger partial charge in [0.1, 0.15) is 12.2 Å². The molecule has 0 bridgehead atoms. The molecular weight excluding hydrogens is 248 g/mol.